The predicted octanol–water partition coefficient (Wildman–Crippen LogP) is 3.65. The van der Waals surface area contributed by atoms with Gasteiger partial charge in [-0.2, -0.15) is 0 Å². The third-order valence-electron chi connectivity index (χ3n) is 4.70. The molecule has 0 amide bonds. The first-order valence-electron chi connectivity index (χ1n) is 8.68. The van der Waals surface area contributed by atoms with Crippen LogP contribution in [-0.2, 0) is 4.74 Å². The summed E-state index contributed by atoms with van der Waals surface area (Å²) in [6, 6.07) is 0. The molecule has 0 spiro atoms. The van der Waals surface area contributed by atoms with Crippen molar-refractivity contribution in [3.8, 4) is 0 Å². The Morgan fingerprint density at radius 1 is 1.27 bits per heavy atom. The molecule has 130 valence electrons. The van der Waals surface area contributed by atoms with Crippen molar-refractivity contribution in [2.24, 2.45) is 10.4 Å². The zero-order chi connectivity index (χ0) is 15.1. The molecule has 2 fully saturated rings. The maximum Gasteiger partial charge on any atom is 0.193 e. The minimum absolute atomic E-state index is 0. The molecule has 22 heavy (non-hydrogen) atoms. The van der Waals surface area contributed by atoms with Crippen LogP contribution in [0.2, 0.25) is 0 Å². The van der Waals surface area contributed by atoms with Gasteiger partial charge in [0.25, 0.3) is 0 Å². The Bertz CT molecular complexity index is 341. The number of hydrogen-bond donors (Lipinski definition) is 1. The normalized spacial score (nSPS) is 22.5. The Labute approximate surface area is 153 Å². The van der Waals surface area contributed by atoms with Crippen molar-refractivity contribution in [3.05, 3.63) is 0 Å². The first-order chi connectivity index (χ1) is 10.1. The molecule has 2 aliphatic rings. The summed E-state index contributed by atoms with van der Waals surface area (Å²) in [7, 11) is 1.88. The molecule has 0 unspecified atom stereocenters. The molecule has 4 nitrogen and oxygen atoms in total. The van der Waals surface area contributed by atoms with E-state index in [4.69, 9.17) is 4.74 Å². The van der Waals surface area contributed by atoms with E-state index in [1.165, 1.54) is 38.5 Å². The van der Waals surface area contributed by atoms with E-state index in [1.807, 2.05) is 7.05 Å². The summed E-state index contributed by atoms with van der Waals surface area (Å²) in [5, 5.41) is 3.48. The average Bonchev–Trinajstić information content (AvgIpc) is 2.84. The van der Waals surface area contributed by atoms with Gasteiger partial charge in [0.05, 0.1) is 6.10 Å². The molecule has 0 bridgehead atoms. The zero-order valence-electron chi connectivity index (χ0n) is 14.6. The lowest BCUT2D eigenvalue weighted by atomic mass is 9.93. The highest BCUT2D eigenvalue weighted by atomic mass is 127. The zero-order valence-corrected chi connectivity index (χ0v) is 16.9. The fourth-order valence-electron chi connectivity index (χ4n) is 3.38. The Morgan fingerprint density at radius 2 is 2.00 bits per heavy atom. The molecule has 1 N–H and O–H groups in total. The van der Waals surface area contributed by atoms with Crippen LogP contribution in [-0.4, -0.2) is 50.3 Å². The van der Waals surface area contributed by atoms with Crippen LogP contribution >= 0.6 is 24.0 Å². The molecule has 1 heterocycles. The van der Waals surface area contributed by atoms with Gasteiger partial charge in [-0.25, -0.2) is 0 Å². The maximum absolute atomic E-state index is 5.96. The molecule has 5 heteroatoms. The van der Waals surface area contributed by atoms with Crippen LogP contribution in [0.1, 0.15) is 58.8 Å². The van der Waals surface area contributed by atoms with Gasteiger partial charge in [0.15, 0.2) is 5.96 Å². The van der Waals surface area contributed by atoms with E-state index >= 15 is 0 Å². The lowest BCUT2D eigenvalue weighted by molar-refractivity contribution is 0.0276. The molecule has 2 rings (SSSR count). The number of nitrogens with one attached hydrogen (secondary N) is 1. The smallest absolute Gasteiger partial charge is 0.193 e. The largest absolute Gasteiger partial charge is 0.378 e. The summed E-state index contributed by atoms with van der Waals surface area (Å²) in [6.07, 6.45) is 9.45. The quantitative estimate of drug-likeness (QED) is 0.318. The molecule has 0 aromatic rings. The summed E-state index contributed by atoms with van der Waals surface area (Å²) in [5.74, 6) is 1.05. The monoisotopic (exact) mass is 423 g/mol. The van der Waals surface area contributed by atoms with Gasteiger partial charge < -0.3 is 15.0 Å². The highest BCUT2D eigenvalue weighted by molar-refractivity contribution is 14.0. The van der Waals surface area contributed by atoms with Gasteiger partial charge >= 0.3 is 0 Å². The molecule has 1 aliphatic heterocycles. The molecule has 1 aliphatic carbocycles. The van der Waals surface area contributed by atoms with Gasteiger partial charge in [-0.3, -0.25) is 4.99 Å². The standard InChI is InChI=1S/C17H33N3O.HI/c1-17(2)10-12-20(14-17)16(18-3)19-11-7-13-21-15-8-5-4-6-9-15;/h15H,4-14H2,1-3H3,(H,18,19);1H. The van der Waals surface area contributed by atoms with Crippen molar-refractivity contribution in [3.63, 3.8) is 0 Å². The Morgan fingerprint density at radius 3 is 2.59 bits per heavy atom. The van der Waals surface area contributed by atoms with Crippen LogP contribution in [0.5, 0.6) is 0 Å². The van der Waals surface area contributed by atoms with Crippen LogP contribution in [0.25, 0.3) is 0 Å². The number of guanidine groups is 1. The minimum atomic E-state index is 0. The van der Waals surface area contributed by atoms with E-state index in [0.29, 0.717) is 11.5 Å². The molecule has 1 saturated carbocycles. The molecular formula is C17H34IN3O. The lowest BCUT2D eigenvalue weighted by Crippen LogP contribution is -2.41. The molecule has 0 aromatic carbocycles. The van der Waals surface area contributed by atoms with Crippen LogP contribution in [0.15, 0.2) is 4.99 Å². The van der Waals surface area contributed by atoms with Crippen LogP contribution in [0.4, 0.5) is 0 Å². The predicted molar refractivity (Wildman–Crippen MR) is 104 cm³/mol. The minimum Gasteiger partial charge on any atom is -0.378 e. The van der Waals surface area contributed by atoms with E-state index in [9.17, 15) is 0 Å². The van der Waals surface area contributed by atoms with Crippen molar-refractivity contribution in [2.45, 2.75) is 64.9 Å². The van der Waals surface area contributed by atoms with Crippen molar-refractivity contribution in [1.29, 1.82) is 0 Å². The van der Waals surface area contributed by atoms with Crippen LogP contribution in [0, 0.1) is 5.41 Å². The number of ether oxygens (including phenoxy) is 1. The second-order valence-corrected chi connectivity index (χ2v) is 7.29. The van der Waals surface area contributed by atoms with Gasteiger partial charge in [-0.05, 0) is 31.1 Å². The molecule has 0 radical (unpaired) electrons. The van der Waals surface area contributed by atoms with Crippen molar-refractivity contribution in [2.75, 3.05) is 33.3 Å². The number of halogens is 1. The molecular weight excluding hydrogens is 389 g/mol. The van der Waals surface area contributed by atoms with Gasteiger partial charge in [-0.15, -0.1) is 24.0 Å². The Kier molecular flexibility index (Phi) is 9.05. The summed E-state index contributed by atoms with van der Waals surface area (Å²) in [5.41, 5.74) is 0.418. The number of hydrogen-bond acceptors (Lipinski definition) is 2. The highest BCUT2D eigenvalue weighted by Crippen LogP contribution is 2.28. The fraction of sp³-hybridized carbons (Fsp3) is 0.941. The van der Waals surface area contributed by atoms with E-state index < -0.39 is 0 Å². The van der Waals surface area contributed by atoms with Crippen molar-refractivity contribution < 1.29 is 4.74 Å². The summed E-state index contributed by atoms with van der Waals surface area (Å²) in [4.78, 5) is 6.79. The highest BCUT2D eigenvalue weighted by Gasteiger charge is 2.30. The topological polar surface area (TPSA) is 36.9 Å². The van der Waals surface area contributed by atoms with Crippen molar-refractivity contribution >= 4 is 29.9 Å². The van der Waals surface area contributed by atoms with E-state index in [2.05, 4.69) is 29.1 Å². The summed E-state index contributed by atoms with van der Waals surface area (Å²) < 4.78 is 5.96. The summed E-state index contributed by atoms with van der Waals surface area (Å²) in [6.45, 7) is 8.71. The SMILES string of the molecule is CN=C(NCCCOC1CCCCC1)N1CCC(C)(C)C1.I. The lowest BCUT2D eigenvalue weighted by Gasteiger charge is -2.24. The first-order valence-corrected chi connectivity index (χ1v) is 8.68. The van der Waals surface area contributed by atoms with E-state index in [-0.39, 0.29) is 24.0 Å². The van der Waals surface area contributed by atoms with Crippen LogP contribution < -0.4 is 5.32 Å². The maximum atomic E-state index is 5.96. The number of nitrogens with zero attached hydrogens (tertiary/aromatic N) is 2. The number of likely N-dealkylation sites (tertiary alicyclic amines) is 1. The van der Waals surface area contributed by atoms with Gasteiger partial charge in [-0.1, -0.05) is 33.1 Å². The van der Waals surface area contributed by atoms with Gasteiger partial charge in [0.2, 0.25) is 0 Å². The average molecular weight is 423 g/mol. The second kappa shape index (κ2) is 9.96. The number of aliphatic imine (C=N–C) groups is 1. The van der Waals surface area contributed by atoms with Crippen LogP contribution in [0.3, 0.4) is 0 Å². The fourth-order valence-corrected chi connectivity index (χ4v) is 3.38. The number of rotatable bonds is 5. The molecule has 0 atom stereocenters. The van der Waals surface area contributed by atoms with E-state index in [0.717, 1.165) is 38.6 Å². The van der Waals surface area contributed by atoms with Gasteiger partial charge in [0.1, 0.15) is 0 Å². The van der Waals surface area contributed by atoms with Gasteiger partial charge in [0, 0.05) is 33.3 Å². The first kappa shape index (κ1) is 20.0. The Hall–Kier alpha value is -0.0400. The third kappa shape index (κ3) is 6.60. The Balaban J connectivity index is 0.00000242. The molecule has 1 saturated heterocycles. The second-order valence-electron chi connectivity index (χ2n) is 7.29. The summed E-state index contributed by atoms with van der Waals surface area (Å²) >= 11 is 0. The molecule has 0 aromatic heterocycles. The van der Waals surface area contributed by atoms with E-state index in [1.54, 1.807) is 0 Å². The van der Waals surface area contributed by atoms with Crippen molar-refractivity contribution in [1.82, 2.24) is 10.2 Å². The third-order valence-corrected chi connectivity index (χ3v) is 4.70.